The molecule has 74 valence electrons. The van der Waals surface area contributed by atoms with Crippen molar-refractivity contribution in [3.63, 3.8) is 0 Å². The second-order valence-electron chi connectivity index (χ2n) is 2.90. The Kier molecular flexibility index (Phi) is 7.39. The molecular weight excluding hydrogens is 158 g/mol. The molecule has 0 aliphatic carbocycles. The smallest absolute Gasteiger partial charge is 0.101 e. The molecule has 0 saturated heterocycles. The highest BCUT2D eigenvalue weighted by Gasteiger charge is 2.04. The highest BCUT2D eigenvalue weighted by molar-refractivity contribution is 4.52. The zero-order valence-corrected chi connectivity index (χ0v) is 7.82. The Bertz CT molecular complexity index is 98.3. The fraction of sp³-hybridized carbons (Fsp3) is 1.00. The van der Waals surface area contributed by atoms with Gasteiger partial charge in [-0.25, -0.2) is 0 Å². The lowest BCUT2D eigenvalue weighted by Crippen LogP contribution is -2.25. The Morgan fingerprint density at radius 3 is 2.50 bits per heavy atom. The molecule has 0 heterocycles. The number of nitrogens with two attached hydrogens (primary N) is 1. The third kappa shape index (κ3) is 7.94. The maximum atomic E-state index is 9.23. The molecule has 1 unspecified atom stereocenters. The van der Waals surface area contributed by atoms with Crippen molar-refractivity contribution in [2.24, 2.45) is 5.73 Å². The number of ether oxygens (including phenoxy) is 2. The minimum Gasteiger partial charge on any atom is -0.388 e. The van der Waals surface area contributed by atoms with Gasteiger partial charge in [0.05, 0.1) is 25.9 Å². The van der Waals surface area contributed by atoms with Crippen LogP contribution in [0.15, 0.2) is 0 Å². The standard InChI is InChI=1S/C8H19NO3/c1-7(2)12-6-8(10)5-11-4-3-9/h7-8,10H,3-6,9H2,1-2H3. The lowest BCUT2D eigenvalue weighted by atomic mass is 10.4. The summed E-state index contributed by atoms with van der Waals surface area (Å²) in [4.78, 5) is 0. The van der Waals surface area contributed by atoms with Crippen molar-refractivity contribution in [2.75, 3.05) is 26.4 Å². The normalized spacial score (nSPS) is 13.8. The Labute approximate surface area is 73.7 Å². The van der Waals surface area contributed by atoms with Gasteiger partial charge in [0.25, 0.3) is 0 Å². The number of aliphatic hydroxyl groups is 1. The van der Waals surface area contributed by atoms with Crippen molar-refractivity contribution in [2.45, 2.75) is 26.1 Å². The molecule has 0 aliphatic heterocycles. The molecular formula is C8H19NO3. The van der Waals surface area contributed by atoms with Gasteiger partial charge in [0, 0.05) is 6.54 Å². The van der Waals surface area contributed by atoms with E-state index in [1.807, 2.05) is 13.8 Å². The van der Waals surface area contributed by atoms with Gasteiger partial charge in [-0.3, -0.25) is 0 Å². The molecule has 0 bridgehead atoms. The summed E-state index contributed by atoms with van der Waals surface area (Å²) in [5.74, 6) is 0. The van der Waals surface area contributed by atoms with Crippen molar-refractivity contribution in [3.8, 4) is 0 Å². The molecule has 4 heteroatoms. The van der Waals surface area contributed by atoms with Gasteiger partial charge in [-0.1, -0.05) is 0 Å². The maximum absolute atomic E-state index is 9.23. The maximum Gasteiger partial charge on any atom is 0.101 e. The average Bonchev–Trinajstić information content (AvgIpc) is 2.01. The van der Waals surface area contributed by atoms with Gasteiger partial charge in [-0.2, -0.15) is 0 Å². The summed E-state index contributed by atoms with van der Waals surface area (Å²) in [6.07, 6.45) is -0.395. The van der Waals surface area contributed by atoms with E-state index in [4.69, 9.17) is 15.2 Å². The Morgan fingerprint density at radius 1 is 1.33 bits per heavy atom. The first-order valence-corrected chi connectivity index (χ1v) is 4.24. The second kappa shape index (κ2) is 7.49. The third-order valence-corrected chi connectivity index (χ3v) is 1.19. The third-order valence-electron chi connectivity index (χ3n) is 1.19. The summed E-state index contributed by atoms with van der Waals surface area (Å²) in [6, 6.07) is 0. The molecule has 1 atom stereocenters. The lowest BCUT2D eigenvalue weighted by Gasteiger charge is -2.13. The van der Waals surface area contributed by atoms with Crippen LogP contribution in [0.25, 0.3) is 0 Å². The largest absolute Gasteiger partial charge is 0.388 e. The molecule has 0 spiro atoms. The van der Waals surface area contributed by atoms with Crippen LogP contribution in [0, 0.1) is 0 Å². The predicted molar refractivity (Wildman–Crippen MR) is 47.0 cm³/mol. The number of hydrogen-bond donors (Lipinski definition) is 2. The molecule has 0 aliphatic rings. The van der Waals surface area contributed by atoms with Crippen LogP contribution in [0.5, 0.6) is 0 Å². The van der Waals surface area contributed by atoms with Crippen LogP contribution in [-0.4, -0.2) is 43.7 Å². The highest BCUT2D eigenvalue weighted by Crippen LogP contribution is 1.92. The van der Waals surface area contributed by atoms with Crippen LogP contribution >= 0.6 is 0 Å². The quantitative estimate of drug-likeness (QED) is 0.526. The topological polar surface area (TPSA) is 64.7 Å². The van der Waals surface area contributed by atoms with Crippen LogP contribution in [0.4, 0.5) is 0 Å². The number of rotatable bonds is 7. The minimum atomic E-state index is -0.543. The Hall–Kier alpha value is -0.160. The van der Waals surface area contributed by atoms with E-state index in [1.54, 1.807) is 0 Å². The first kappa shape index (κ1) is 11.8. The Balaban J connectivity index is 3.15. The zero-order chi connectivity index (χ0) is 9.40. The first-order valence-electron chi connectivity index (χ1n) is 4.24. The summed E-state index contributed by atoms with van der Waals surface area (Å²) in [6.45, 7) is 5.43. The fourth-order valence-corrected chi connectivity index (χ4v) is 0.654. The molecule has 0 rings (SSSR count). The number of aliphatic hydroxyl groups excluding tert-OH is 1. The SMILES string of the molecule is CC(C)OCC(O)COCCN. The highest BCUT2D eigenvalue weighted by atomic mass is 16.5. The van der Waals surface area contributed by atoms with Gasteiger partial charge in [0.1, 0.15) is 6.10 Å². The van der Waals surface area contributed by atoms with E-state index in [1.165, 1.54) is 0 Å². The van der Waals surface area contributed by atoms with Gasteiger partial charge in [0.2, 0.25) is 0 Å². The van der Waals surface area contributed by atoms with Crippen molar-refractivity contribution in [3.05, 3.63) is 0 Å². The van der Waals surface area contributed by atoms with Crippen LogP contribution in [0.2, 0.25) is 0 Å². The van der Waals surface area contributed by atoms with Gasteiger partial charge >= 0.3 is 0 Å². The van der Waals surface area contributed by atoms with E-state index < -0.39 is 6.10 Å². The van der Waals surface area contributed by atoms with Gasteiger partial charge in [-0.05, 0) is 13.8 Å². The molecule has 0 aromatic rings. The van der Waals surface area contributed by atoms with Gasteiger partial charge in [-0.15, -0.1) is 0 Å². The summed E-state index contributed by atoms with van der Waals surface area (Å²) in [7, 11) is 0. The second-order valence-corrected chi connectivity index (χ2v) is 2.90. The van der Waals surface area contributed by atoms with E-state index in [0.29, 0.717) is 26.4 Å². The van der Waals surface area contributed by atoms with Gasteiger partial charge in [0.15, 0.2) is 0 Å². The molecule has 0 aromatic carbocycles. The van der Waals surface area contributed by atoms with Gasteiger partial charge < -0.3 is 20.3 Å². The molecule has 0 amide bonds. The molecule has 0 aromatic heterocycles. The van der Waals surface area contributed by atoms with Crippen LogP contribution in [0.1, 0.15) is 13.8 Å². The summed E-state index contributed by atoms with van der Waals surface area (Å²) < 4.78 is 10.2. The Morgan fingerprint density at radius 2 is 2.00 bits per heavy atom. The molecule has 3 N–H and O–H groups in total. The zero-order valence-electron chi connectivity index (χ0n) is 7.82. The van der Waals surface area contributed by atoms with E-state index in [0.717, 1.165) is 0 Å². The van der Waals surface area contributed by atoms with Crippen molar-refractivity contribution in [1.29, 1.82) is 0 Å². The summed E-state index contributed by atoms with van der Waals surface area (Å²) in [5, 5.41) is 9.23. The molecule has 0 radical (unpaired) electrons. The summed E-state index contributed by atoms with van der Waals surface area (Å²) in [5.41, 5.74) is 5.20. The van der Waals surface area contributed by atoms with Crippen LogP contribution in [0.3, 0.4) is 0 Å². The van der Waals surface area contributed by atoms with Crippen molar-refractivity contribution in [1.82, 2.24) is 0 Å². The van der Waals surface area contributed by atoms with E-state index in [-0.39, 0.29) is 6.10 Å². The predicted octanol–water partition coefficient (Wildman–Crippen LogP) is -0.252. The van der Waals surface area contributed by atoms with Crippen molar-refractivity contribution >= 4 is 0 Å². The molecule has 12 heavy (non-hydrogen) atoms. The molecule has 0 fully saturated rings. The molecule has 4 nitrogen and oxygen atoms in total. The van der Waals surface area contributed by atoms with E-state index in [2.05, 4.69) is 0 Å². The van der Waals surface area contributed by atoms with Crippen LogP contribution < -0.4 is 5.73 Å². The first-order chi connectivity index (χ1) is 5.66. The van der Waals surface area contributed by atoms with E-state index in [9.17, 15) is 5.11 Å². The fourth-order valence-electron chi connectivity index (χ4n) is 0.654. The van der Waals surface area contributed by atoms with E-state index >= 15 is 0 Å². The summed E-state index contributed by atoms with van der Waals surface area (Å²) >= 11 is 0. The average molecular weight is 177 g/mol. The molecule has 0 saturated carbocycles. The monoisotopic (exact) mass is 177 g/mol. The number of hydrogen-bond acceptors (Lipinski definition) is 4. The van der Waals surface area contributed by atoms with Crippen molar-refractivity contribution < 1.29 is 14.6 Å². The lowest BCUT2D eigenvalue weighted by molar-refractivity contribution is -0.0341. The van der Waals surface area contributed by atoms with Crippen LogP contribution in [-0.2, 0) is 9.47 Å². The minimum absolute atomic E-state index is 0.147.